The van der Waals surface area contributed by atoms with E-state index in [1.807, 2.05) is 79.7 Å². The lowest BCUT2D eigenvalue weighted by atomic mass is 9.91. The van der Waals surface area contributed by atoms with Gasteiger partial charge in [-0.15, -0.1) is 0 Å². The Hall–Kier alpha value is -7.68. The average molecular weight is 1460 g/mol. The molecular weight excluding hydrogens is 1330 g/mol. The number of carboxylic acid groups (broad SMARTS) is 3. The Labute approximate surface area is 620 Å². The molecule has 0 spiro atoms. The second-order valence-electron chi connectivity index (χ2n) is 29.3. The molecule has 103 heavy (non-hydrogen) atoms. The zero-order valence-electron chi connectivity index (χ0n) is 66.5. The molecule has 19 nitrogen and oxygen atoms in total. The number of aliphatic carboxylic acids is 3. The van der Waals surface area contributed by atoms with Crippen molar-refractivity contribution < 1.29 is 87.6 Å². The lowest BCUT2D eigenvalue weighted by molar-refractivity contribution is -0.160. The molecule has 4 atom stereocenters. The molecule has 0 aliphatic carbocycles. The average Bonchev–Trinajstić information content (AvgIpc) is 0.752. The Kier molecular flexibility index (Phi) is 45.0. The van der Waals surface area contributed by atoms with Crippen LogP contribution in [-0.2, 0) is 52.5 Å². The van der Waals surface area contributed by atoms with E-state index in [1.165, 1.54) is 58.5 Å². The first kappa shape index (κ1) is 97.4. The van der Waals surface area contributed by atoms with Gasteiger partial charge in [0.1, 0.15) is 25.9 Å². The van der Waals surface area contributed by atoms with Gasteiger partial charge in [0.05, 0.1) is 52.1 Å². The minimum Gasteiger partial charge on any atom is -0.481 e. The summed E-state index contributed by atoms with van der Waals surface area (Å²) in [6.45, 7) is 42.9. The van der Waals surface area contributed by atoms with Crippen LogP contribution < -0.4 is 0 Å². The molecule has 0 aromatic heterocycles. The number of imide groups is 1. The van der Waals surface area contributed by atoms with Crippen LogP contribution in [-0.4, -0.2) is 141 Å². The number of esters is 4. The minimum absolute atomic E-state index is 0.0856. The highest BCUT2D eigenvalue weighted by atomic mass is 32.2. The maximum absolute atomic E-state index is 12.1. The largest absolute Gasteiger partial charge is 0.481 e. The highest BCUT2D eigenvalue weighted by Crippen LogP contribution is 2.31. The number of aliphatic hydroxyl groups excluding tert-OH is 2. The molecule has 1 heterocycles. The summed E-state index contributed by atoms with van der Waals surface area (Å²) in [6, 6.07) is 36.9. The maximum atomic E-state index is 12.1. The number of carbonyl (C=O) groups excluding carboxylic acids is 6. The topological polar surface area (TPSA) is 295 Å². The lowest BCUT2D eigenvalue weighted by Crippen LogP contribution is -2.39. The standard InChI is InChI=1S/C18H32O7S.C14H11NO2.C14H16.C10H14.C9H18O3.3C6H12O2/c1-7-17(2,3)16(22)25-11-13(19)10-24-14(20)8-9-26-12-18(4,5)15(21)23-6;1-2-15-13(16)10-7-3-5-9-6-4-8-11(12(9)10)14(15)17;1-3-11(2)13-10-6-8-12-7-4-5-9-14(12)13;1-3-9(2)10-7-5-4-6-8-10;1-5-9(3,4)8(11)12-6-7(2)10;3*1-4-6(2,3)5(7)8/h13,19H,7-12H2,1-6H3;3-8H,2H2,1H3;4-11H,3H2,1-2H3;4-9H,3H2,1-2H3;7,10H,5-6H2,1-4H3;3*4H2,1-3H3,(H,7,8). The Morgan fingerprint density at radius 1 is 0.456 bits per heavy atom. The predicted octanol–water partition coefficient (Wildman–Crippen LogP) is 18.1. The van der Waals surface area contributed by atoms with Crippen molar-refractivity contribution in [3.63, 3.8) is 0 Å². The minimum atomic E-state index is -1.05. The highest BCUT2D eigenvalue weighted by molar-refractivity contribution is 7.99. The van der Waals surface area contributed by atoms with Gasteiger partial charge >= 0.3 is 41.8 Å². The van der Waals surface area contributed by atoms with Crippen LogP contribution in [0.3, 0.4) is 0 Å². The van der Waals surface area contributed by atoms with Crippen molar-refractivity contribution in [2.75, 3.05) is 45.0 Å². The Bertz CT molecular complexity index is 3290. The summed E-state index contributed by atoms with van der Waals surface area (Å²) in [5.74, 6) is -1.55. The number of aliphatic hydroxyl groups is 2. The first-order chi connectivity index (χ1) is 47.8. The van der Waals surface area contributed by atoms with E-state index in [-0.39, 0.29) is 50.0 Å². The molecule has 5 aromatic rings. The van der Waals surface area contributed by atoms with E-state index in [9.17, 15) is 48.3 Å². The van der Waals surface area contributed by atoms with Gasteiger partial charge in [-0.25, -0.2) is 0 Å². The molecule has 20 heteroatoms. The molecule has 4 unspecified atom stereocenters. The van der Waals surface area contributed by atoms with Crippen LogP contribution in [0.15, 0.2) is 109 Å². The quantitative estimate of drug-likeness (QED) is 0.0141. The van der Waals surface area contributed by atoms with Crippen molar-refractivity contribution >= 4 is 86.9 Å². The fourth-order valence-corrected chi connectivity index (χ4v) is 9.00. The number of carboxylic acids is 3. The molecule has 578 valence electrons. The number of hydrogen-bond acceptors (Lipinski definition) is 16. The number of rotatable bonds is 27. The van der Waals surface area contributed by atoms with Crippen LogP contribution in [0.25, 0.3) is 21.5 Å². The molecule has 5 N–H and O–H groups in total. The Morgan fingerprint density at radius 2 is 0.845 bits per heavy atom. The lowest BCUT2D eigenvalue weighted by Gasteiger charge is -2.25. The highest BCUT2D eigenvalue weighted by Gasteiger charge is 2.33. The van der Waals surface area contributed by atoms with Crippen LogP contribution in [0.4, 0.5) is 0 Å². The first-order valence-corrected chi connectivity index (χ1v) is 37.1. The molecule has 1 aliphatic heterocycles. The number of methoxy groups -OCH3 is 1. The molecule has 2 amide bonds. The predicted molar refractivity (Wildman–Crippen MR) is 414 cm³/mol. The van der Waals surface area contributed by atoms with E-state index in [1.54, 1.807) is 88.3 Å². The second kappa shape index (κ2) is 47.6. The molecule has 0 saturated carbocycles. The van der Waals surface area contributed by atoms with E-state index in [0.29, 0.717) is 66.7 Å². The number of thioether (sulfide) groups is 1. The van der Waals surface area contributed by atoms with Crippen LogP contribution in [0.1, 0.15) is 254 Å². The zero-order valence-corrected chi connectivity index (χ0v) is 67.3. The van der Waals surface area contributed by atoms with Crippen LogP contribution in [0.5, 0.6) is 0 Å². The number of benzene rings is 5. The third-order valence-electron chi connectivity index (χ3n) is 18.3. The summed E-state index contributed by atoms with van der Waals surface area (Å²) in [5.41, 5.74) is 0.894. The summed E-state index contributed by atoms with van der Waals surface area (Å²) < 4.78 is 19.6. The fourth-order valence-electron chi connectivity index (χ4n) is 7.91. The first-order valence-electron chi connectivity index (χ1n) is 35.9. The van der Waals surface area contributed by atoms with Gasteiger partial charge in [0.2, 0.25) is 0 Å². The summed E-state index contributed by atoms with van der Waals surface area (Å²) >= 11 is 1.45. The van der Waals surface area contributed by atoms with Gasteiger partial charge in [-0.2, -0.15) is 11.8 Å². The molecule has 0 bridgehead atoms. The zero-order chi connectivity index (χ0) is 79.9. The molecule has 0 radical (unpaired) electrons. The normalized spacial score (nSPS) is 13.0. The van der Waals surface area contributed by atoms with Gasteiger partial charge in [-0.1, -0.05) is 159 Å². The van der Waals surface area contributed by atoms with E-state index in [4.69, 9.17) is 39.4 Å². The molecule has 1 aliphatic rings. The van der Waals surface area contributed by atoms with Crippen LogP contribution in [0, 0.1) is 32.5 Å². The fraction of sp³-hybridized carbons (Fsp3) is 0.578. The summed E-state index contributed by atoms with van der Waals surface area (Å²) in [6.07, 6.45) is 4.37. The number of fused-ring (bicyclic) bond motifs is 1. The van der Waals surface area contributed by atoms with Gasteiger partial charge in [0.15, 0.2) is 0 Å². The molecule has 6 rings (SSSR count). The van der Waals surface area contributed by atoms with Gasteiger partial charge in [0.25, 0.3) is 11.8 Å². The number of hydrogen-bond donors (Lipinski definition) is 5. The van der Waals surface area contributed by atoms with E-state index >= 15 is 0 Å². The van der Waals surface area contributed by atoms with E-state index in [2.05, 4.69) is 100 Å². The van der Waals surface area contributed by atoms with Crippen molar-refractivity contribution in [1.29, 1.82) is 0 Å². The molecule has 0 saturated heterocycles. The van der Waals surface area contributed by atoms with E-state index < -0.39 is 74.5 Å². The third kappa shape index (κ3) is 35.1. The number of ether oxygens (including phenoxy) is 4. The number of nitrogens with zero attached hydrogens (tertiary/aromatic N) is 1. The summed E-state index contributed by atoms with van der Waals surface area (Å²) in [4.78, 5) is 103. The van der Waals surface area contributed by atoms with E-state index in [0.717, 1.165) is 17.2 Å². The summed E-state index contributed by atoms with van der Waals surface area (Å²) in [7, 11) is 1.35. The molecule has 5 aromatic carbocycles. The van der Waals surface area contributed by atoms with Crippen LogP contribution >= 0.6 is 11.8 Å². The number of carbonyl (C=O) groups is 9. The molecular formula is C83H127NO18S. The van der Waals surface area contributed by atoms with Crippen molar-refractivity contribution in [2.24, 2.45) is 32.5 Å². The van der Waals surface area contributed by atoms with Gasteiger partial charge in [-0.3, -0.25) is 48.1 Å². The van der Waals surface area contributed by atoms with Crippen LogP contribution in [0.2, 0.25) is 0 Å². The van der Waals surface area contributed by atoms with Crippen molar-refractivity contribution in [3.05, 3.63) is 131 Å². The van der Waals surface area contributed by atoms with Crippen molar-refractivity contribution in [3.8, 4) is 0 Å². The number of amides is 2. The Morgan fingerprint density at radius 3 is 1.23 bits per heavy atom. The maximum Gasteiger partial charge on any atom is 0.312 e. The molecule has 0 fully saturated rings. The van der Waals surface area contributed by atoms with Gasteiger partial charge < -0.3 is 44.5 Å². The monoisotopic (exact) mass is 1460 g/mol. The van der Waals surface area contributed by atoms with Crippen molar-refractivity contribution in [2.45, 2.75) is 235 Å². The second-order valence-corrected chi connectivity index (χ2v) is 30.4. The summed E-state index contributed by atoms with van der Waals surface area (Å²) in [5, 5.41) is 48.4. The Balaban J connectivity index is 0. The van der Waals surface area contributed by atoms with Gasteiger partial charge in [0, 0.05) is 34.6 Å². The third-order valence-corrected chi connectivity index (χ3v) is 19.8. The smallest absolute Gasteiger partial charge is 0.312 e. The SMILES string of the molecule is CCC(C)(C)C(=O)O.CCC(C)(C)C(=O)O.CCC(C)(C)C(=O)O.CCC(C)(C)C(=O)OCC(C)O.CCC(C)(C)C(=O)OCC(O)COC(=O)CCSCC(C)(C)C(=O)OC.CCC(C)c1cccc2ccccc12.CCC(C)c1ccccc1.CCN1C(=O)c2cccc3cccc(c23)C1=O. The van der Waals surface area contributed by atoms with Gasteiger partial charge in [-0.05, 0) is 193 Å². The van der Waals surface area contributed by atoms with Crippen molar-refractivity contribution in [1.82, 2.24) is 4.90 Å².